The van der Waals surface area contributed by atoms with E-state index in [1.54, 1.807) is 12.3 Å². The van der Waals surface area contributed by atoms with Crippen molar-refractivity contribution in [3.05, 3.63) is 24.2 Å². The van der Waals surface area contributed by atoms with Gasteiger partial charge in [-0.3, -0.25) is 0 Å². The Labute approximate surface area is 53.6 Å². The topological polar surface area (TPSA) is 47.3 Å². The molecule has 1 aliphatic rings. The second-order valence-electron chi connectivity index (χ2n) is 1.18. The molecule has 1 aliphatic heterocycles. The summed E-state index contributed by atoms with van der Waals surface area (Å²) in [4.78, 5) is 4.55. The second kappa shape index (κ2) is 3.21. The predicted octanol–water partition coefficient (Wildman–Crippen LogP) is 0.257. The predicted molar refractivity (Wildman–Crippen MR) is 32.9 cm³/mol. The number of rotatable bonds is 0. The Bertz CT molecular complexity index is 121. The fraction of sp³-hybridized carbons (Fsp3) is 0. The van der Waals surface area contributed by atoms with E-state index in [0.29, 0.717) is 5.70 Å². The smallest absolute Gasteiger partial charge is 0.121 e. The van der Waals surface area contributed by atoms with Gasteiger partial charge in [-0.1, -0.05) is 0 Å². The number of nitrogens with two attached hydrogens (primary N) is 1. The minimum atomic E-state index is 0. The first-order chi connectivity index (χ1) is 3.39. The summed E-state index contributed by atoms with van der Waals surface area (Å²) >= 11 is 0. The molecule has 3 N–H and O–H groups in total. The van der Waals surface area contributed by atoms with Crippen LogP contribution in [-0.2, 0) is 4.84 Å². The molecule has 0 atom stereocenters. The zero-order chi connectivity index (χ0) is 5.11. The van der Waals surface area contributed by atoms with E-state index >= 15 is 0 Å². The highest BCUT2D eigenvalue weighted by Gasteiger charge is 1.85. The van der Waals surface area contributed by atoms with Gasteiger partial charge >= 0.3 is 0 Å². The van der Waals surface area contributed by atoms with E-state index in [9.17, 15) is 0 Å². The first-order valence-corrected chi connectivity index (χ1v) is 1.93. The van der Waals surface area contributed by atoms with Gasteiger partial charge < -0.3 is 10.6 Å². The third-order valence-corrected chi connectivity index (χ3v) is 0.622. The number of hydroxylamine groups is 1. The van der Waals surface area contributed by atoms with Crippen LogP contribution in [0.1, 0.15) is 0 Å². The van der Waals surface area contributed by atoms with Crippen LogP contribution in [0.15, 0.2) is 24.2 Å². The molecule has 46 valence electrons. The molecule has 0 amide bonds. The highest BCUT2D eigenvalue weighted by molar-refractivity contribution is 5.85. The lowest BCUT2D eigenvalue weighted by Gasteiger charge is -2.02. The largest absolute Gasteiger partial charge is 0.397 e. The molecule has 0 aromatic heterocycles. The van der Waals surface area contributed by atoms with Crippen molar-refractivity contribution in [3.63, 3.8) is 0 Å². The number of allylic oxidation sites excluding steroid dienone is 1. The first-order valence-electron chi connectivity index (χ1n) is 1.93. The minimum Gasteiger partial charge on any atom is -0.397 e. The molecule has 0 aliphatic carbocycles. The summed E-state index contributed by atoms with van der Waals surface area (Å²) in [6.07, 6.45) is 4.71. The summed E-state index contributed by atoms with van der Waals surface area (Å²) in [6.45, 7) is 0. The molecule has 1 heterocycles. The Kier molecular flexibility index (Phi) is 2.88. The van der Waals surface area contributed by atoms with E-state index in [-0.39, 0.29) is 12.4 Å². The van der Waals surface area contributed by atoms with Crippen LogP contribution in [-0.4, -0.2) is 0 Å². The molecule has 0 saturated carbocycles. The maximum atomic E-state index is 5.27. The van der Waals surface area contributed by atoms with Crippen LogP contribution in [0.25, 0.3) is 0 Å². The molecule has 1 rings (SSSR count). The molecule has 3 nitrogen and oxygen atoms in total. The molecular formula is C4H7ClN2O. The Morgan fingerprint density at radius 2 is 2.38 bits per heavy atom. The monoisotopic (exact) mass is 134 g/mol. The molecule has 0 bridgehead atoms. The van der Waals surface area contributed by atoms with Crippen molar-refractivity contribution in [2.75, 3.05) is 0 Å². The maximum absolute atomic E-state index is 5.27. The normalized spacial score (nSPS) is 14.8. The Morgan fingerprint density at radius 3 is 2.62 bits per heavy atom. The van der Waals surface area contributed by atoms with Crippen molar-refractivity contribution in [2.24, 2.45) is 5.73 Å². The fourth-order valence-electron chi connectivity index (χ4n) is 0.302. The quantitative estimate of drug-likeness (QED) is 0.500. The lowest BCUT2D eigenvalue weighted by Crippen LogP contribution is -2.10. The van der Waals surface area contributed by atoms with Gasteiger partial charge in [-0.2, -0.15) is 0 Å². The van der Waals surface area contributed by atoms with Crippen LogP contribution in [0.5, 0.6) is 0 Å². The molecule has 0 fully saturated rings. The van der Waals surface area contributed by atoms with Gasteiger partial charge in [-0.15, -0.1) is 12.4 Å². The summed E-state index contributed by atoms with van der Waals surface area (Å²) in [5, 5.41) is 0. The Morgan fingerprint density at radius 1 is 1.62 bits per heavy atom. The molecule has 0 aromatic rings. The summed E-state index contributed by atoms with van der Waals surface area (Å²) < 4.78 is 0. The van der Waals surface area contributed by atoms with E-state index in [1.807, 2.05) is 0 Å². The van der Waals surface area contributed by atoms with Gasteiger partial charge in [-0.05, 0) is 0 Å². The van der Waals surface area contributed by atoms with Crippen LogP contribution in [0.2, 0.25) is 0 Å². The summed E-state index contributed by atoms with van der Waals surface area (Å²) in [7, 11) is 0. The summed E-state index contributed by atoms with van der Waals surface area (Å²) in [5.74, 6) is 0. The minimum absolute atomic E-state index is 0. The zero-order valence-corrected chi connectivity index (χ0v) is 4.94. The number of halogens is 1. The standard InChI is InChI=1S/C4H6N2O.ClH/c5-4-1-2-7-6-3-4;/h1-3,6H,5H2;1H. The van der Waals surface area contributed by atoms with Crippen LogP contribution in [0.3, 0.4) is 0 Å². The lowest BCUT2D eigenvalue weighted by molar-refractivity contribution is 0.170. The van der Waals surface area contributed by atoms with Gasteiger partial charge in [0, 0.05) is 6.08 Å². The van der Waals surface area contributed by atoms with Gasteiger partial charge in [-0.25, -0.2) is 5.48 Å². The van der Waals surface area contributed by atoms with Crippen molar-refractivity contribution < 1.29 is 4.84 Å². The Hall–Kier alpha value is -0.830. The lowest BCUT2D eigenvalue weighted by atomic mass is 10.5. The zero-order valence-electron chi connectivity index (χ0n) is 4.13. The molecule has 0 aromatic carbocycles. The highest BCUT2D eigenvalue weighted by atomic mass is 35.5. The van der Waals surface area contributed by atoms with E-state index < -0.39 is 0 Å². The van der Waals surface area contributed by atoms with Crippen molar-refractivity contribution >= 4 is 12.4 Å². The SMILES string of the molecule is Cl.NC1=CNOC=C1. The van der Waals surface area contributed by atoms with Gasteiger partial charge in [0.15, 0.2) is 0 Å². The third-order valence-electron chi connectivity index (χ3n) is 0.622. The molecule has 0 unspecified atom stereocenters. The third kappa shape index (κ3) is 1.75. The van der Waals surface area contributed by atoms with Crippen LogP contribution in [0.4, 0.5) is 0 Å². The molecule has 0 spiro atoms. The van der Waals surface area contributed by atoms with E-state index in [4.69, 9.17) is 5.73 Å². The van der Waals surface area contributed by atoms with E-state index in [0.717, 1.165) is 0 Å². The van der Waals surface area contributed by atoms with Gasteiger partial charge in [0.05, 0.1) is 11.9 Å². The van der Waals surface area contributed by atoms with Crippen LogP contribution < -0.4 is 11.2 Å². The first kappa shape index (κ1) is 7.17. The van der Waals surface area contributed by atoms with Gasteiger partial charge in [0.25, 0.3) is 0 Å². The molecule has 0 saturated heterocycles. The second-order valence-corrected chi connectivity index (χ2v) is 1.18. The average molecular weight is 135 g/mol. The van der Waals surface area contributed by atoms with Crippen molar-refractivity contribution in [1.29, 1.82) is 0 Å². The summed E-state index contributed by atoms with van der Waals surface area (Å²) in [6, 6.07) is 0. The average Bonchev–Trinajstić information content (AvgIpc) is 1.69. The number of nitrogens with one attached hydrogen (secondary N) is 1. The fourth-order valence-corrected chi connectivity index (χ4v) is 0.302. The molecule has 8 heavy (non-hydrogen) atoms. The van der Waals surface area contributed by atoms with Crippen LogP contribution in [0, 0.1) is 0 Å². The van der Waals surface area contributed by atoms with E-state index in [2.05, 4.69) is 10.3 Å². The van der Waals surface area contributed by atoms with E-state index in [1.165, 1.54) is 6.26 Å². The molecule has 4 heteroatoms. The molecule has 0 radical (unpaired) electrons. The van der Waals surface area contributed by atoms with Crippen molar-refractivity contribution in [2.45, 2.75) is 0 Å². The Balaban J connectivity index is 0.000000490. The number of hydrogen-bond donors (Lipinski definition) is 2. The number of hydrogen-bond acceptors (Lipinski definition) is 3. The van der Waals surface area contributed by atoms with Crippen LogP contribution >= 0.6 is 12.4 Å². The highest BCUT2D eigenvalue weighted by Crippen LogP contribution is 1.89. The van der Waals surface area contributed by atoms with Gasteiger partial charge in [0.1, 0.15) is 6.26 Å². The molecular weight excluding hydrogens is 128 g/mol. The van der Waals surface area contributed by atoms with Crippen molar-refractivity contribution in [3.8, 4) is 0 Å². The van der Waals surface area contributed by atoms with Gasteiger partial charge in [0.2, 0.25) is 0 Å². The summed E-state index contributed by atoms with van der Waals surface area (Å²) in [5.41, 5.74) is 8.40. The van der Waals surface area contributed by atoms with Crippen molar-refractivity contribution in [1.82, 2.24) is 5.48 Å². The maximum Gasteiger partial charge on any atom is 0.121 e.